The zero-order chi connectivity index (χ0) is 24.2. The smallest absolute Gasteiger partial charge is 0.258 e. The van der Waals surface area contributed by atoms with Crippen LogP contribution in [-0.4, -0.2) is 70.4 Å². The first-order valence-corrected chi connectivity index (χ1v) is 11.3. The summed E-state index contributed by atoms with van der Waals surface area (Å²) in [7, 11) is 4.04. The minimum atomic E-state index is -0.546. The Hall–Kier alpha value is -3.08. The fourth-order valence-electron chi connectivity index (χ4n) is 3.87. The molecule has 11 heteroatoms. The summed E-state index contributed by atoms with van der Waals surface area (Å²) in [6.45, 7) is 1.87. The van der Waals surface area contributed by atoms with E-state index in [1.807, 2.05) is 19.0 Å². The third-order valence-electron chi connectivity index (χ3n) is 5.83. The zero-order valence-corrected chi connectivity index (χ0v) is 19.7. The Morgan fingerprint density at radius 1 is 1.38 bits per heavy atom. The summed E-state index contributed by atoms with van der Waals surface area (Å²) < 4.78 is 18.9. The fraction of sp³-hybridized carbons (Fsp3) is 0.391. The molecule has 1 saturated heterocycles. The maximum Gasteiger partial charge on any atom is 0.258 e. The molecule has 0 spiro atoms. The zero-order valence-electron chi connectivity index (χ0n) is 19.0. The Labute approximate surface area is 200 Å². The van der Waals surface area contributed by atoms with E-state index in [1.54, 1.807) is 6.07 Å². The summed E-state index contributed by atoms with van der Waals surface area (Å²) in [5.41, 5.74) is 0.651. The van der Waals surface area contributed by atoms with Gasteiger partial charge in [0.25, 0.3) is 5.56 Å². The van der Waals surface area contributed by atoms with Crippen molar-refractivity contribution in [3.8, 4) is 5.75 Å². The molecule has 0 bridgehead atoms. The number of halogens is 2. The molecule has 2 aromatic heterocycles. The number of benzene rings is 1. The Balaban J connectivity index is 1.42. The predicted molar refractivity (Wildman–Crippen MR) is 126 cm³/mol. The second-order valence-electron chi connectivity index (χ2n) is 8.38. The highest BCUT2D eigenvalue weighted by atomic mass is 35.5. The number of amides is 1. The Bertz CT molecular complexity index is 1250. The lowest BCUT2D eigenvalue weighted by molar-refractivity contribution is -0.129. The van der Waals surface area contributed by atoms with Gasteiger partial charge in [0.1, 0.15) is 29.5 Å². The van der Waals surface area contributed by atoms with Crippen LogP contribution in [0.2, 0.25) is 5.02 Å². The van der Waals surface area contributed by atoms with Crippen LogP contribution >= 0.6 is 11.6 Å². The molecule has 180 valence electrons. The lowest BCUT2D eigenvalue weighted by Gasteiger charge is -2.20. The molecule has 1 aromatic carbocycles. The summed E-state index contributed by atoms with van der Waals surface area (Å²) in [5.74, 6) is 0.117. The number of nitrogens with one attached hydrogen (secondary N) is 2. The van der Waals surface area contributed by atoms with Gasteiger partial charge in [0.05, 0.1) is 22.6 Å². The van der Waals surface area contributed by atoms with Gasteiger partial charge in [-0.3, -0.25) is 14.6 Å². The normalized spacial score (nSPS) is 15.9. The molecule has 1 unspecified atom stereocenters. The largest absolute Gasteiger partial charge is 0.486 e. The molecule has 4 rings (SSSR count). The van der Waals surface area contributed by atoms with Crippen LogP contribution in [0.1, 0.15) is 17.9 Å². The van der Waals surface area contributed by atoms with Gasteiger partial charge >= 0.3 is 0 Å². The van der Waals surface area contributed by atoms with Crippen LogP contribution in [0, 0.1) is 5.82 Å². The summed E-state index contributed by atoms with van der Waals surface area (Å²) in [4.78, 5) is 40.6. The van der Waals surface area contributed by atoms with Crippen molar-refractivity contribution in [2.24, 2.45) is 0 Å². The van der Waals surface area contributed by atoms with E-state index in [0.29, 0.717) is 28.4 Å². The molecule has 1 amide bonds. The molecule has 3 heterocycles. The summed E-state index contributed by atoms with van der Waals surface area (Å²) in [6, 6.07) is 5.96. The van der Waals surface area contributed by atoms with Crippen molar-refractivity contribution >= 4 is 28.4 Å². The van der Waals surface area contributed by atoms with Crippen molar-refractivity contribution in [1.82, 2.24) is 30.1 Å². The molecule has 0 radical (unpaired) electrons. The molecule has 2 N–H and O–H groups in total. The van der Waals surface area contributed by atoms with Gasteiger partial charge in [0.15, 0.2) is 0 Å². The number of likely N-dealkylation sites (N-methyl/N-ethyl adjacent to an activating group) is 1. The number of hydrogen-bond acceptors (Lipinski definition) is 7. The van der Waals surface area contributed by atoms with E-state index in [-0.39, 0.29) is 42.0 Å². The third kappa shape index (κ3) is 5.52. The standard InChI is InChI=1S/C23H26ClFN6O3/c1-30(2)14-6-8-31(12-14)21(32)11-26-10-19-22-16(5-7-27-19)23(33)29-20(28-22)13-34-15-3-4-18(25)17(24)9-15/h3-5,7,9,14,26H,6,8,10-13H2,1-2H3,(H,28,29,33). The number of ether oxygens (including phenoxy) is 1. The molecule has 34 heavy (non-hydrogen) atoms. The van der Waals surface area contributed by atoms with Gasteiger partial charge in [0, 0.05) is 37.9 Å². The van der Waals surface area contributed by atoms with Crippen molar-refractivity contribution in [3.05, 3.63) is 63.2 Å². The first-order valence-electron chi connectivity index (χ1n) is 10.9. The monoisotopic (exact) mass is 488 g/mol. The Kier molecular flexibility index (Phi) is 7.40. The van der Waals surface area contributed by atoms with Gasteiger partial charge in [-0.05, 0) is 38.7 Å². The number of carbonyl (C=O) groups excluding carboxylic acids is 1. The van der Waals surface area contributed by atoms with E-state index in [1.165, 1.54) is 24.4 Å². The van der Waals surface area contributed by atoms with E-state index >= 15 is 0 Å². The van der Waals surface area contributed by atoms with Crippen LogP contribution in [0.4, 0.5) is 4.39 Å². The van der Waals surface area contributed by atoms with Crippen LogP contribution in [0.15, 0.2) is 35.3 Å². The summed E-state index contributed by atoms with van der Waals surface area (Å²) >= 11 is 5.78. The molecule has 1 aliphatic heterocycles. The predicted octanol–water partition coefficient (Wildman–Crippen LogP) is 1.94. The second kappa shape index (κ2) is 10.5. The first-order chi connectivity index (χ1) is 16.3. The number of aromatic amines is 1. The third-order valence-corrected chi connectivity index (χ3v) is 6.12. The molecule has 0 aliphatic carbocycles. The SMILES string of the molecule is CN(C)C1CCN(C(=O)CNCc2nccc3c(=O)[nH]c(COc4ccc(F)c(Cl)c4)nc23)C1. The molecule has 1 fully saturated rings. The van der Waals surface area contributed by atoms with E-state index in [0.717, 1.165) is 19.5 Å². The van der Waals surface area contributed by atoms with Crippen molar-refractivity contribution in [2.75, 3.05) is 33.7 Å². The number of aromatic nitrogens is 3. The highest BCUT2D eigenvalue weighted by molar-refractivity contribution is 6.30. The number of nitrogens with zero attached hydrogens (tertiary/aromatic N) is 4. The number of H-pyrrole nitrogens is 1. The van der Waals surface area contributed by atoms with Crippen LogP contribution in [0.5, 0.6) is 5.75 Å². The van der Waals surface area contributed by atoms with Gasteiger partial charge in [-0.1, -0.05) is 11.6 Å². The maximum absolute atomic E-state index is 13.3. The fourth-order valence-corrected chi connectivity index (χ4v) is 4.04. The maximum atomic E-state index is 13.3. The van der Waals surface area contributed by atoms with Crippen molar-refractivity contribution in [1.29, 1.82) is 0 Å². The van der Waals surface area contributed by atoms with Gasteiger partial charge < -0.3 is 24.8 Å². The van der Waals surface area contributed by atoms with Crippen LogP contribution in [0.25, 0.3) is 10.9 Å². The molecule has 1 aliphatic rings. The highest BCUT2D eigenvalue weighted by Crippen LogP contribution is 2.22. The molecular formula is C23H26ClFN6O3. The number of rotatable bonds is 8. The van der Waals surface area contributed by atoms with E-state index in [4.69, 9.17) is 16.3 Å². The van der Waals surface area contributed by atoms with Crippen LogP contribution in [-0.2, 0) is 17.9 Å². The highest BCUT2D eigenvalue weighted by Gasteiger charge is 2.27. The van der Waals surface area contributed by atoms with E-state index in [9.17, 15) is 14.0 Å². The van der Waals surface area contributed by atoms with Gasteiger partial charge in [-0.25, -0.2) is 9.37 Å². The molecular weight excluding hydrogens is 463 g/mol. The van der Waals surface area contributed by atoms with Crippen molar-refractivity contribution in [2.45, 2.75) is 25.6 Å². The van der Waals surface area contributed by atoms with Gasteiger partial charge in [0.2, 0.25) is 5.91 Å². The van der Waals surface area contributed by atoms with E-state index in [2.05, 4.69) is 25.2 Å². The van der Waals surface area contributed by atoms with Gasteiger partial charge in [-0.15, -0.1) is 0 Å². The Morgan fingerprint density at radius 3 is 2.94 bits per heavy atom. The number of hydrogen-bond donors (Lipinski definition) is 2. The lowest BCUT2D eigenvalue weighted by atomic mass is 10.2. The molecule has 1 atom stereocenters. The minimum absolute atomic E-state index is 0.0300. The quantitative estimate of drug-likeness (QED) is 0.499. The van der Waals surface area contributed by atoms with Crippen molar-refractivity contribution in [3.63, 3.8) is 0 Å². The molecule has 9 nitrogen and oxygen atoms in total. The summed E-state index contributed by atoms with van der Waals surface area (Å²) in [6.07, 6.45) is 2.50. The number of likely N-dealkylation sites (tertiary alicyclic amines) is 1. The van der Waals surface area contributed by atoms with Crippen LogP contribution in [0.3, 0.4) is 0 Å². The second-order valence-corrected chi connectivity index (χ2v) is 8.79. The first kappa shape index (κ1) is 24.1. The van der Waals surface area contributed by atoms with Gasteiger partial charge in [-0.2, -0.15) is 0 Å². The Morgan fingerprint density at radius 2 is 2.21 bits per heavy atom. The minimum Gasteiger partial charge on any atom is -0.486 e. The average molecular weight is 489 g/mol. The summed E-state index contributed by atoms with van der Waals surface area (Å²) in [5, 5.41) is 3.45. The van der Waals surface area contributed by atoms with Crippen LogP contribution < -0.4 is 15.6 Å². The topological polar surface area (TPSA) is 103 Å². The average Bonchev–Trinajstić information content (AvgIpc) is 3.31. The molecule has 3 aromatic rings. The number of pyridine rings is 1. The lowest BCUT2D eigenvalue weighted by Crippen LogP contribution is -2.39. The van der Waals surface area contributed by atoms with E-state index < -0.39 is 5.82 Å². The molecule has 0 saturated carbocycles. The number of carbonyl (C=O) groups is 1. The van der Waals surface area contributed by atoms with Crippen molar-refractivity contribution < 1.29 is 13.9 Å². The number of fused-ring (bicyclic) bond motifs is 1.